The van der Waals surface area contributed by atoms with Crippen molar-refractivity contribution in [2.75, 3.05) is 0 Å². The molecule has 0 bridgehead atoms. The number of hydrogen-bond acceptors (Lipinski definition) is 4. The van der Waals surface area contributed by atoms with Crippen LogP contribution in [0.2, 0.25) is 10.0 Å². The Morgan fingerprint density at radius 1 is 1.45 bits per heavy atom. The quantitative estimate of drug-likeness (QED) is 0.874. The van der Waals surface area contributed by atoms with Gasteiger partial charge in [0.1, 0.15) is 6.04 Å². The highest BCUT2D eigenvalue weighted by molar-refractivity contribution is 6.33. The third kappa shape index (κ3) is 3.69. The van der Waals surface area contributed by atoms with Gasteiger partial charge in [0, 0.05) is 22.7 Å². The maximum Gasteiger partial charge on any atom is 0.320 e. The Morgan fingerprint density at radius 2 is 2.20 bits per heavy atom. The fourth-order valence-corrected chi connectivity index (χ4v) is 2.03. The third-order valence-electron chi connectivity index (χ3n) is 2.67. The summed E-state index contributed by atoms with van der Waals surface area (Å²) in [6.07, 6.45) is 1.76. The molecule has 1 atom stereocenters. The van der Waals surface area contributed by atoms with Gasteiger partial charge in [-0.25, -0.2) is 4.68 Å². The summed E-state index contributed by atoms with van der Waals surface area (Å²) in [7, 11) is 0. The maximum atomic E-state index is 10.7. The minimum Gasteiger partial charge on any atom is -0.480 e. The third-order valence-corrected chi connectivity index (χ3v) is 3.28. The van der Waals surface area contributed by atoms with Crippen LogP contribution in [0.4, 0.5) is 0 Å². The van der Waals surface area contributed by atoms with Crippen molar-refractivity contribution in [1.29, 1.82) is 0 Å². The van der Waals surface area contributed by atoms with E-state index in [0.717, 1.165) is 5.56 Å². The fourth-order valence-electron chi connectivity index (χ4n) is 1.66. The average Bonchev–Trinajstić information content (AvgIpc) is 2.81. The molecule has 0 aliphatic rings. The van der Waals surface area contributed by atoms with Crippen molar-refractivity contribution in [2.45, 2.75) is 19.0 Å². The summed E-state index contributed by atoms with van der Waals surface area (Å²) < 4.78 is 1.56. The minimum atomic E-state index is -1.07. The standard InChI is InChI=1S/C12H12Cl2N4O2/c13-8-1-2-10(14)7(3-8)5-18-6-9(16-17-18)4-11(15)12(19)20/h1-3,6,11H,4-5,15H2,(H,19,20). The molecule has 0 aliphatic heterocycles. The molecule has 0 amide bonds. The van der Waals surface area contributed by atoms with Crippen molar-refractivity contribution >= 4 is 29.2 Å². The topological polar surface area (TPSA) is 94.0 Å². The smallest absolute Gasteiger partial charge is 0.320 e. The molecule has 1 unspecified atom stereocenters. The van der Waals surface area contributed by atoms with E-state index in [2.05, 4.69) is 10.3 Å². The predicted molar refractivity (Wildman–Crippen MR) is 74.9 cm³/mol. The van der Waals surface area contributed by atoms with Gasteiger partial charge in [-0.1, -0.05) is 28.4 Å². The lowest BCUT2D eigenvalue weighted by Gasteiger charge is -2.04. The van der Waals surface area contributed by atoms with Gasteiger partial charge in [0.2, 0.25) is 0 Å². The molecule has 0 radical (unpaired) electrons. The van der Waals surface area contributed by atoms with Gasteiger partial charge in [-0.15, -0.1) is 5.10 Å². The van der Waals surface area contributed by atoms with Crippen LogP contribution in [-0.4, -0.2) is 32.1 Å². The molecule has 0 saturated carbocycles. The molecule has 0 saturated heterocycles. The molecule has 0 fully saturated rings. The van der Waals surface area contributed by atoms with Gasteiger partial charge < -0.3 is 10.8 Å². The molecule has 0 spiro atoms. The van der Waals surface area contributed by atoms with Crippen LogP contribution in [0.1, 0.15) is 11.3 Å². The Hall–Kier alpha value is -1.63. The number of hydrogen-bond donors (Lipinski definition) is 2. The van der Waals surface area contributed by atoms with Gasteiger partial charge in [-0.2, -0.15) is 0 Å². The number of rotatable bonds is 5. The summed E-state index contributed by atoms with van der Waals surface area (Å²) in [4.78, 5) is 10.7. The first-order chi connectivity index (χ1) is 9.45. The molecule has 3 N–H and O–H groups in total. The first-order valence-corrected chi connectivity index (χ1v) is 6.52. The Bertz CT molecular complexity index is 630. The Labute approximate surface area is 125 Å². The molecule has 2 rings (SSSR count). The zero-order valence-electron chi connectivity index (χ0n) is 10.3. The summed E-state index contributed by atoms with van der Waals surface area (Å²) in [5.41, 5.74) is 6.76. The van der Waals surface area contributed by atoms with E-state index in [-0.39, 0.29) is 6.42 Å². The second-order valence-corrected chi connectivity index (χ2v) is 5.14. The summed E-state index contributed by atoms with van der Waals surface area (Å²) in [5.74, 6) is -1.07. The van der Waals surface area contributed by atoms with Gasteiger partial charge >= 0.3 is 5.97 Å². The molecule has 6 nitrogen and oxygen atoms in total. The lowest BCUT2D eigenvalue weighted by atomic mass is 10.2. The summed E-state index contributed by atoms with van der Waals surface area (Å²) >= 11 is 12.0. The van der Waals surface area contributed by atoms with Crippen LogP contribution in [0, 0.1) is 0 Å². The molecule has 1 aromatic carbocycles. The molecule has 1 heterocycles. The van der Waals surface area contributed by atoms with Gasteiger partial charge in [-0.3, -0.25) is 4.79 Å². The molecular weight excluding hydrogens is 303 g/mol. The Balaban J connectivity index is 2.09. The molecule has 1 aromatic heterocycles. The molecule has 8 heteroatoms. The molecule has 106 valence electrons. The van der Waals surface area contributed by atoms with Crippen LogP contribution < -0.4 is 5.73 Å². The van der Waals surface area contributed by atoms with Crippen LogP contribution in [0.3, 0.4) is 0 Å². The van der Waals surface area contributed by atoms with E-state index in [1.54, 1.807) is 29.1 Å². The first kappa shape index (κ1) is 14.8. The number of aliphatic carboxylic acids is 1. The van der Waals surface area contributed by atoms with E-state index < -0.39 is 12.0 Å². The first-order valence-electron chi connectivity index (χ1n) is 5.77. The number of nitrogens with zero attached hydrogens (tertiary/aromatic N) is 3. The van der Waals surface area contributed by atoms with E-state index in [1.807, 2.05) is 0 Å². The Morgan fingerprint density at radius 3 is 2.90 bits per heavy atom. The van der Waals surface area contributed by atoms with Crippen LogP contribution in [0.25, 0.3) is 0 Å². The number of halogens is 2. The number of nitrogens with two attached hydrogens (primary N) is 1. The van der Waals surface area contributed by atoms with Crippen molar-refractivity contribution in [3.63, 3.8) is 0 Å². The largest absolute Gasteiger partial charge is 0.480 e. The lowest BCUT2D eigenvalue weighted by molar-refractivity contribution is -0.138. The van der Waals surface area contributed by atoms with Crippen LogP contribution >= 0.6 is 23.2 Å². The van der Waals surface area contributed by atoms with Crippen molar-refractivity contribution in [3.8, 4) is 0 Å². The van der Waals surface area contributed by atoms with Crippen LogP contribution in [0.15, 0.2) is 24.4 Å². The summed E-state index contributed by atoms with van der Waals surface area (Å²) in [6.45, 7) is 0.398. The zero-order chi connectivity index (χ0) is 14.7. The van der Waals surface area contributed by atoms with E-state index in [9.17, 15) is 4.79 Å². The molecule has 0 aliphatic carbocycles. The normalized spacial score (nSPS) is 12.3. The summed E-state index contributed by atoms with van der Waals surface area (Å²) in [5, 5.41) is 17.7. The number of carbonyl (C=O) groups is 1. The second kappa shape index (κ2) is 6.21. The van der Waals surface area contributed by atoms with Crippen molar-refractivity contribution < 1.29 is 9.90 Å². The van der Waals surface area contributed by atoms with Crippen molar-refractivity contribution in [3.05, 3.63) is 45.7 Å². The Kier molecular flexibility index (Phi) is 4.59. The second-order valence-electron chi connectivity index (χ2n) is 4.29. The molecular formula is C12H12Cl2N4O2. The van der Waals surface area contributed by atoms with Crippen LogP contribution in [0.5, 0.6) is 0 Å². The monoisotopic (exact) mass is 314 g/mol. The van der Waals surface area contributed by atoms with E-state index >= 15 is 0 Å². The van der Waals surface area contributed by atoms with Gasteiger partial charge in [-0.05, 0) is 23.8 Å². The SMILES string of the molecule is NC(Cc1cn(Cc2cc(Cl)ccc2Cl)nn1)C(=O)O. The minimum absolute atomic E-state index is 0.124. The number of carboxylic acid groups (broad SMARTS) is 1. The van der Waals surface area contributed by atoms with Gasteiger partial charge in [0.05, 0.1) is 12.2 Å². The maximum absolute atomic E-state index is 10.7. The fraction of sp³-hybridized carbons (Fsp3) is 0.250. The molecule has 2 aromatic rings. The van der Waals surface area contributed by atoms with Crippen molar-refractivity contribution in [2.24, 2.45) is 5.73 Å². The number of benzene rings is 1. The van der Waals surface area contributed by atoms with E-state index in [0.29, 0.717) is 22.3 Å². The van der Waals surface area contributed by atoms with E-state index in [4.69, 9.17) is 34.0 Å². The zero-order valence-corrected chi connectivity index (χ0v) is 11.8. The number of aromatic nitrogens is 3. The highest BCUT2D eigenvalue weighted by Gasteiger charge is 2.14. The number of carboxylic acids is 1. The lowest BCUT2D eigenvalue weighted by Crippen LogP contribution is -2.32. The predicted octanol–water partition coefficient (Wildman–Crippen LogP) is 1.59. The summed E-state index contributed by atoms with van der Waals surface area (Å²) in [6, 6.07) is 4.16. The average molecular weight is 315 g/mol. The van der Waals surface area contributed by atoms with Gasteiger partial charge in [0.15, 0.2) is 0 Å². The van der Waals surface area contributed by atoms with Crippen molar-refractivity contribution in [1.82, 2.24) is 15.0 Å². The molecule has 20 heavy (non-hydrogen) atoms. The van der Waals surface area contributed by atoms with E-state index in [1.165, 1.54) is 0 Å². The highest BCUT2D eigenvalue weighted by Crippen LogP contribution is 2.21. The van der Waals surface area contributed by atoms with Crippen LogP contribution in [-0.2, 0) is 17.8 Å². The van der Waals surface area contributed by atoms with Gasteiger partial charge in [0.25, 0.3) is 0 Å². The highest BCUT2D eigenvalue weighted by atomic mass is 35.5.